The minimum absolute atomic E-state index is 0.0792. The van der Waals surface area contributed by atoms with Crippen LogP contribution in [0.5, 0.6) is 5.75 Å². The summed E-state index contributed by atoms with van der Waals surface area (Å²) in [6.07, 6.45) is 0.493. The predicted molar refractivity (Wildman–Crippen MR) is 77.3 cm³/mol. The third-order valence-electron chi connectivity index (χ3n) is 3.56. The van der Waals surface area contributed by atoms with Crippen LogP contribution in [0.2, 0.25) is 0 Å². The molecule has 0 radical (unpaired) electrons. The molecule has 0 aliphatic rings. The number of likely N-dealkylation sites (N-methyl/N-ethyl adjacent to an activating group) is 1. The van der Waals surface area contributed by atoms with Gasteiger partial charge in [-0.05, 0) is 30.5 Å². The number of rotatable bonds is 6. The van der Waals surface area contributed by atoms with Crippen molar-refractivity contribution >= 4 is 5.91 Å². The Morgan fingerprint density at radius 2 is 1.89 bits per heavy atom. The van der Waals surface area contributed by atoms with Crippen molar-refractivity contribution in [3.63, 3.8) is 0 Å². The van der Waals surface area contributed by atoms with Crippen LogP contribution in [0.4, 0.5) is 0 Å². The summed E-state index contributed by atoms with van der Waals surface area (Å²) in [4.78, 5) is 13.8. The molecule has 2 N–H and O–H groups in total. The van der Waals surface area contributed by atoms with Gasteiger partial charge >= 0.3 is 0 Å². The standard InChI is InChI=1S/C15H24N2O2/c1-11(9-15(18)17(3)12(2)10-16)13-5-7-14(19-4)8-6-13/h5-8,11-12H,9-10,16H2,1-4H3. The molecule has 0 aromatic heterocycles. The quantitative estimate of drug-likeness (QED) is 0.855. The minimum atomic E-state index is 0.0792. The number of carbonyl (C=O) groups is 1. The second-order valence-electron chi connectivity index (χ2n) is 4.97. The Hall–Kier alpha value is -1.55. The van der Waals surface area contributed by atoms with E-state index >= 15 is 0 Å². The van der Waals surface area contributed by atoms with Crippen LogP contribution in [0.15, 0.2) is 24.3 Å². The molecule has 0 heterocycles. The van der Waals surface area contributed by atoms with E-state index in [1.54, 1.807) is 19.1 Å². The Labute approximate surface area is 115 Å². The van der Waals surface area contributed by atoms with Crippen molar-refractivity contribution in [2.75, 3.05) is 20.7 Å². The van der Waals surface area contributed by atoms with Crippen LogP contribution in [-0.4, -0.2) is 37.6 Å². The highest BCUT2D eigenvalue weighted by Crippen LogP contribution is 2.22. The summed E-state index contributed by atoms with van der Waals surface area (Å²) >= 11 is 0. The first kappa shape index (κ1) is 15.5. The van der Waals surface area contributed by atoms with Gasteiger partial charge in [-0.15, -0.1) is 0 Å². The molecule has 0 bridgehead atoms. The van der Waals surface area contributed by atoms with Crippen molar-refractivity contribution in [2.24, 2.45) is 5.73 Å². The van der Waals surface area contributed by atoms with Crippen molar-refractivity contribution in [2.45, 2.75) is 32.2 Å². The predicted octanol–water partition coefficient (Wildman–Crippen LogP) is 1.99. The molecule has 19 heavy (non-hydrogen) atoms. The summed E-state index contributed by atoms with van der Waals surface area (Å²) in [6, 6.07) is 7.92. The fourth-order valence-electron chi connectivity index (χ4n) is 1.86. The SMILES string of the molecule is COc1ccc(C(C)CC(=O)N(C)C(C)CN)cc1. The van der Waals surface area contributed by atoms with Crippen LogP contribution >= 0.6 is 0 Å². The number of hydrogen-bond acceptors (Lipinski definition) is 3. The largest absolute Gasteiger partial charge is 0.497 e. The topological polar surface area (TPSA) is 55.6 Å². The average Bonchev–Trinajstić information content (AvgIpc) is 2.45. The lowest BCUT2D eigenvalue weighted by molar-refractivity contribution is -0.131. The van der Waals surface area contributed by atoms with Crippen LogP contribution < -0.4 is 10.5 Å². The third kappa shape index (κ3) is 4.24. The number of amides is 1. The molecule has 2 unspecified atom stereocenters. The maximum atomic E-state index is 12.1. The lowest BCUT2D eigenvalue weighted by atomic mass is 9.97. The lowest BCUT2D eigenvalue weighted by Crippen LogP contribution is -2.40. The molecule has 0 saturated carbocycles. The zero-order valence-corrected chi connectivity index (χ0v) is 12.2. The van der Waals surface area contributed by atoms with Crippen LogP contribution in [-0.2, 0) is 4.79 Å². The molecule has 0 fully saturated rings. The molecule has 0 spiro atoms. The fourth-order valence-corrected chi connectivity index (χ4v) is 1.86. The molecule has 0 saturated heterocycles. The molecule has 1 aromatic carbocycles. The maximum absolute atomic E-state index is 12.1. The molecular weight excluding hydrogens is 240 g/mol. The van der Waals surface area contributed by atoms with Crippen LogP contribution in [0.1, 0.15) is 31.7 Å². The summed E-state index contributed by atoms with van der Waals surface area (Å²) in [5, 5.41) is 0. The molecule has 1 amide bonds. The van der Waals surface area contributed by atoms with Crippen LogP contribution in [0.25, 0.3) is 0 Å². The van der Waals surface area contributed by atoms with Gasteiger partial charge in [0, 0.05) is 26.1 Å². The molecule has 0 aliphatic heterocycles. The Morgan fingerprint density at radius 3 is 2.37 bits per heavy atom. The number of nitrogens with two attached hydrogens (primary N) is 1. The number of ether oxygens (including phenoxy) is 1. The van der Waals surface area contributed by atoms with Crippen molar-refractivity contribution in [1.29, 1.82) is 0 Å². The van der Waals surface area contributed by atoms with Crippen LogP contribution in [0.3, 0.4) is 0 Å². The van der Waals surface area contributed by atoms with Crippen molar-refractivity contribution < 1.29 is 9.53 Å². The highest BCUT2D eigenvalue weighted by Gasteiger charge is 2.18. The van der Waals surface area contributed by atoms with Gasteiger partial charge in [-0.3, -0.25) is 4.79 Å². The van der Waals surface area contributed by atoms with Crippen molar-refractivity contribution in [3.05, 3.63) is 29.8 Å². The Bertz CT molecular complexity index is 403. The number of nitrogens with zero attached hydrogens (tertiary/aromatic N) is 1. The monoisotopic (exact) mass is 264 g/mol. The van der Waals surface area contributed by atoms with Gasteiger partial charge in [0.1, 0.15) is 5.75 Å². The molecule has 0 aliphatic carbocycles. The van der Waals surface area contributed by atoms with Gasteiger partial charge in [-0.2, -0.15) is 0 Å². The second-order valence-corrected chi connectivity index (χ2v) is 4.97. The normalized spacial score (nSPS) is 13.7. The van der Waals surface area contributed by atoms with E-state index in [2.05, 4.69) is 6.92 Å². The lowest BCUT2D eigenvalue weighted by Gasteiger charge is -2.25. The summed E-state index contributed by atoms with van der Waals surface area (Å²) in [7, 11) is 3.45. The van der Waals surface area contributed by atoms with Gasteiger partial charge < -0.3 is 15.4 Å². The molecule has 1 aromatic rings. The Kier molecular flexibility index (Phi) is 5.83. The average molecular weight is 264 g/mol. The second kappa shape index (κ2) is 7.14. The first-order valence-electron chi connectivity index (χ1n) is 6.59. The number of carbonyl (C=O) groups excluding carboxylic acids is 1. The number of methoxy groups -OCH3 is 1. The Balaban J connectivity index is 2.63. The van der Waals surface area contributed by atoms with E-state index in [1.807, 2.05) is 31.2 Å². The Morgan fingerprint density at radius 1 is 1.32 bits per heavy atom. The summed E-state index contributed by atoms with van der Waals surface area (Å²) in [5.74, 6) is 1.14. The van der Waals surface area contributed by atoms with E-state index in [1.165, 1.54) is 0 Å². The third-order valence-corrected chi connectivity index (χ3v) is 3.56. The number of hydrogen-bond donors (Lipinski definition) is 1. The highest BCUT2D eigenvalue weighted by atomic mass is 16.5. The van der Waals surface area contributed by atoms with Gasteiger partial charge in [0.15, 0.2) is 0 Å². The smallest absolute Gasteiger partial charge is 0.223 e. The molecule has 106 valence electrons. The summed E-state index contributed by atoms with van der Waals surface area (Å²) in [5.41, 5.74) is 6.72. The summed E-state index contributed by atoms with van der Waals surface area (Å²) in [6.45, 7) is 4.50. The zero-order chi connectivity index (χ0) is 14.4. The van der Waals surface area contributed by atoms with Crippen LogP contribution in [0, 0.1) is 0 Å². The van der Waals surface area contributed by atoms with E-state index in [4.69, 9.17) is 10.5 Å². The van der Waals surface area contributed by atoms with Gasteiger partial charge in [0.05, 0.1) is 7.11 Å². The molecule has 1 rings (SSSR count). The zero-order valence-electron chi connectivity index (χ0n) is 12.2. The fraction of sp³-hybridized carbons (Fsp3) is 0.533. The molecular formula is C15H24N2O2. The molecule has 2 atom stereocenters. The van der Waals surface area contributed by atoms with E-state index in [9.17, 15) is 4.79 Å². The first-order chi connectivity index (χ1) is 8.99. The van der Waals surface area contributed by atoms with Gasteiger partial charge in [0.25, 0.3) is 0 Å². The van der Waals surface area contributed by atoms with E-state index < -0.39 is 0 Å². The minimum Gasteiger partial charge on any atom is -0.497 e. The molecule has 4 heteroatoms. The van der Waals surface area contributed by atoms with E-state index in [-0.39, 0.29) is 17.9 Å². The summed E-state index contributed by atoms with van der Waals surface area (Å²) < 4.78 is 5.13. The van der Waals surface area contributed by atoms with Crippen molar-refractivity contribution in [1.82, 2.24) is 4.90 Å². The maximum Gasteiger partial charge on any atom is 0.223 e. The molecule has 4 nitrogen and oxygen atoms in total. The van der Waals surface area contributed by atoms with E-state index in [0.717, 1.165) is 11.3 Å². The van der Waals surface area contributed by atoms with Crippen molar-refractivity contribution in [3.8, 4) is 5.75 Å². The van der Waals surface area contributed by atoms with Gasteiger partial charge in [-0.25, -0.2) is 0 Å². The first-order valence-corrected chi connectivity index (χ1v) is 6.59. The van der Waals surface area contributed by atoms with E-state index in [0.29, 0.717) is 13.0 Å². The van der Waals surface area contributed by atoms with Gasteiger partial charge in [-0.1, -0.05) is 19.1 Å². The number of benzene rings is 1. The highest BCUT2D eigenvalue weighted by molar-refractivity contribution is 5.77. The van der Waals surface area contributed by atoms with Gasteiger partial charge in [0.2, 0.25) is 5.91 Å².